The summed E-state index contributed by atoms with van der Waals surface area (Å²) in [5.41, 5.74) is 0.777. The van der Waals surface area contributed by atoms with Gasteiger partial charge in [-0.1, -0.05) is 19.1 Å². The first-order valence-electron chi connectivity index (χ1n) is 7.69. The average molecular weight is 343 g/mol. The van der Waals surface area contributed by atoms with Crippen LogP contribution in [0.25, 0.3) is 0 Å². The number of para-hydroxylation sites is 1. The Kier molecular flexibility index (Phi) is 6.22. The maximum atomic E-state index is 12.0. The van der Waals surface area contributed by atoms with Gasteiger partial charge in [0.2, 0.25) is 0 Å². The van der Waals surface area contributed by atoms with Gasteiger partial charge in [0.05, 0.1) is 28.2 Å². The lowest BCUT2D eigenvalue weighted by atomic mass is 10.1. The normalized spacial score (nSPS) is 10.1. The minimum absolute atomic E-state index is 0.107. The van der Waals surface area contributed by atoms with Crippen LogP contribution in [0.4, 0.5) is 5.69 Å². The number of benzene rings is 2. The van der Waals surface area contributed by atoms with Crippen molar-refractivity contribution >= 4 is 17.6 Å². The summed E-state index contributed by atoms with van der Waals surface area (Å²) in [6, 6.07) is 11.9. The van der Waals surface area contributed by atoms with Crippen LogP contribution in [-0.2, 0) is 16.1 Å². The first-order chi connectivity index (χ1) is 12.0. The van der Waals surface area contributed by atoms with Crippen LogP contribution >= 0.6 is 0 Å². The summed E-state index contributed by atoms with van der Waals surface area (Å²) >= 11 is 0. The first-order valence-corrected chi connectivity index (χ1v) is 7.69. The zero-order valence-electron chi connectivity index (χ0n) is 13.6. The van der Waals surface area contributed by atoms with E-state index in [1.54, 1.807) is 12.1 Å². The number of ether oxygens (including phenoxy) is 2. The van der Waals surface area contributed by atoms with Crippen LogP contribution in [0.1, 0.15) is 39.6 Å². The van der Waals surface area contributed by atoms with Gasteiger partial charge in [-0.2, -0.15) is 0 Å². The number of nitro groups is 1. The van der Waals surface area contributed by atoms with Gasteiger partial charge in [-0.15, -0.1) is 0 Å². The molecule has 0 aliphatic heterocycles. The maximum absolute atomic E-state index is 12.0. The lowest BCUT2D eigenvalue weighted by Crippen LogP contribution is -2.09. The topological polar surface area (TPSA) is 95.7 Å². The van der Waals surface area contributed by atoms with Gasteiger partial charge in [0.1, 0.15) is 6.61 Å². The molecule has 0 N–H and O–H groups in total. The van der Waals surface area contributed by atoms with Crippen molar-refractivity contribution < 1.29 is 24.0 Å². The van der Waals surface area contributed by atoms with Crippen LogP contribution in [0, 0.1) is 10.1 Å². The Hall–Kier alpha value is -3.22. The number of nitro benzene ring substituents is 1. The third kappa shape index (κ3) is 4.87. The summed E-state index contributed by atoms with van der Waals surface area (Å²) in [6.45, 7) is 2.01. The van der Waals surface area contributed by atoms with E-state index in [1.165, 1.54) is 36.4 Å². The number of esters is 2. The first kappa shape index (κ1) is 18.1. The molecule has 7 heteroatoms. The quantitative estimate of drug-likeness (QED) is 0.433. The molecule has 0 saturated heterocycles. The van der Waals surface area contributed by atoms with E-state index in [9.17, 15) is 19.7 Å². The summed E-state index contributed by atoms with van der Waals surface area (Å²) in [5, 5.41) is 10.9. The molecule has 0 radical (unpaired) electrons. The largest absolute Gasteiger partial charge is 0.462 e. The third-order valence-electron chi connectivity index (χ3n) is 3.34. The van der Waals surface area contributed by atoms with Crippen molar-refractivity contribution in [2.24, 2.45) is 0 Å². The van der Waals surface area contributed by atoms with Gasteiger partial charge in [0, 0.05) is 6.07 Å². The highest BCUT2D eigenvalue weighted by molar-refractivity contribution is 5.93. The van der Waals surface area contributed by atoms with Crippen LogP contribution in [0.3, 0.4) is 0 Å². The fourth-order valence-electron chi connectivity index (χ4n) is 2.06. The zero-order valence-corrected chi connectivity index (χ0v) is 13.6. The van der Waals surface area contributed by atoms with Crippen molar-refractivity contribution in [2.45, 2.75) is 20.0 Å². The molecule has 0 amide bonds. The monoisotopic (exact) mass is 343 g/mol. The second-order valence-electron chi connectivity index (χ2n) is 5.18. The van der Waals surface area contributed by atoms with Crippen LogP contribution in [0.15, 0.2) is 48.5 Å². The number of rotatable bonds is 7. The molecule has 0 unspecified atom stereocenters. The Balaban J connectivity index is 2.00. The lowest BCUT2D eigenvalue weighted by Gasteiger charge is -2.07. The Bertz CT molecular complexity index is 769. The maximum Gasteiger partial charge on any atom is 0.338 e. The summed E-state index contributed by atoms with van der Waals surface area (Å²) in [7, 11) is 0. The van der Waals surface area contributed by atoms with Gasteiger partial charge >= 0.3 is 11.9 Å². The van der Waals surface area contributed by atoms with Crippen molar-refractivity contribution in [3.63, 3.8) is 0 Å². The molecule has 25 heavy (non-hydrogen) atoms. The highest BCUT2D eigenvalue weighted by Gasteiger charge is 2.15. The SMILES string of the molecule is CCCOC(=O)c1ccc(C(=O)OCc2ccccc2[N+](=O)[O-])cc1. The Morgan fingerprint density at radius 2 is 1.52 bits per heavy atom. The van der Waals surface area contributed by atoms with Crippen LogP contribution in [0.2, 0.25) is 0 Å². The number of hydrogen-bond acceptors (Lipinski definition) is 6. The smallest absolute Gasteiger partial charge is 0.338 e. The summed E-state index contributed by atoms with van der Waals surface area (Å²) in [4.78, 5) is 34.1. The minimum atomic E-state index is -0.633. The number of carbonyl (C=O) groups is 2. The van der Waals surface area contributed by atoms with E-state index in [-0.39, 0.29) is 17.9 Å². The molecular weight excluding hydrogens is 326 g/mol. The molecule has 0 aliphatic carbocycles. The Morgan fingerprint density at radius 1 is 0.960 bits per heavy atom. The molecule has 2 rings (SSSR count). The number of hydrogen-bond donors (Lipinski definition) is 0. The van der Waals surface area contributed by atoms with E-state index in [0.29, 0.717) is 17.7 Å². The Labute approximate surface area is 144 Å². The van der Waals surface area contributed by atoms with Gasteiger partial charge < -0.3 is 9.47 Å². The minimum Gasteiger partial charge on any atom is -0.462 e. The van der Waals surface area contributed by atoms with Gasteiger partial charge in [-0.25, -0.2) is 9.59 Å². The molecule has 0 spiro atoms. The van der Waals surface area contributed by atoms with E-state index in [0.717, 1.165) is 6.42 Å². The van der Waals surface area contributed by atoms with Gasteiger partial charge in [-0.05, 0) is 36.8 Å². The van der Waals surface area contributed by atoms with Crippen LogP contribution < -0.4 is 0 Å². The zero-order chi connectivity index (χ0) is 18.2. The van der Waals surface area contributed by atoms with E-state index >= 15 is 0 Å². The fourth-order valence-corrected chi connectivity index (χ4v) is 2.06. The highest BCUT2D eigenvalue weighted by Crippen LogP contribution is 2.19. The van der Waals surface area contributed by atoms with Gasteiger partial charge in [0.25, 0.3) is 5.69 Å². The molecule has 0 heterocycles. The average Bonchev–Trinajstić information content (AvgIpc) is 2.64. The molecule has 0 aromatic heterocycles. The van der Waals surface area contributed by atoms with Crippen molar-refractivity contribution in [3.05, 3.63) is 75.3 Å². The standard InChI is InChI=1S/C18H17NO6/c1-2-11-24-17(20)13-7-9-14(10-8-13)18(21)25-12-15-5-3-4-6-16(15)19(22)23/h3-10H,2,11-12H2,1H3. The molecule has 2 aromatic rings. The Morgan fingerprint density at radius 3 is 2.08 bits per heavy atom. The molecule has 0 fully saturated rings. The summed E-state index contributed by atoms with van der Waals surface area (Å²) in [6.07, 6.45) is 0.724. The number of carbonyl (C=O) groups excluding carboxylic acids is 2. The predicted octanol–water partition coefficient (Wildman–Crippen LogP) is 3.52. The van der Waals surface area contributed by atoms with Crippen LogP contribution in [0.5, 0.6) is 0 Å². The van der Waals surface area contributed by atoms with Gasteiger partial charge in [0.15, 0.2) is 0 Å². The number of nitrogens with zero attached hydrogens (tertiary/aromatic N) is 1. The molecule has 130 valence electrons. The summed E-state index contributed by atoms with van der Waals surface area (Å²) in [5.74, 6) is -1.09. The van der Waals surface area contributed by atoms with Gasteiger partial charge in [-0.3, -0.25) is 10.1 Å². The third-order valence-corrected chi connectivity index (χ3v) is 3.34. The fraction of sp³-hybridized carbons (Fsp3) is 0.222. The predicted molar refractivity (Wildman–Crippen MR) is 89.2 cm³/mol. The molecule has 7 nitrogen and oxygen atoms in total. The second kappa shape index (κ2) is 8.58. The van der Waals surface area contributed by atoms with E-state index < -0.39 is 16.9 Å². The summed E-state index contributed by atoms with van der Waals surface area (Å²) < 4.78 is 10.1. The highest BCUT2D eigenvalue weighted by atomic mass is 16.6. The molecular formula is C18H17NO6. The lowest BCUT2D eigenvalue weighted by molar-refractivity contribution is -0.385. The van der Waals surface area contributed by atoms with E-state index in [4.69, 9.17) is 9.47 Å². The molecule has 0 bridgehead atoms. The van der Waals surface area contributed by atoms with Crippen molar-refractivity contribution in [1.29, 1.82) is 0 Å². The molecule has 0 atom stereocenters. The van der Waals surface area contributed by atoms with Crippen molar-refractivity contribution in [2.75, 3.05) is 6.61 Å². The van der Waals surface area contributed by atoms with Crippen molar-refractivity contribution in [3.8, 4) is 0 Å². The molecule has 0 saturated carbocycles. The van der Waals surface area contributed by atoms with E-state index in [1.807, 2.05) is 6.92 Å². The second-order valence-corrected chi connectivity index (χ2v) is 5.18. The van der Waals surface area contributed by atoms with Crippen molar-refractivity contribution in [1.82, 2.24) is 0 Å². The van der Waals surface area contributed by atoms with Crippen LogP contribution in [-0.4, -0.2) is 23.5 Å². The molecule has 2 aromatic carbocycles. The van der Waals surface area contributed by atoms with E-state index in [2.05, 4.69) is 0 Å². The molecule has 0 aliphatic rings.